The van der Waals surface area contributed by atoms with Gasteiger partial charge in [0.2, 0.25) is 15.9 Å². The Balaban J connectivity index is 2.12. The van der Waals surface area contributed by atoms with Crippen LogP contribution in [0.2, 0.25) is 0 Å². The summed E-state index contributed by atoms with van der Waals surface area (Å²) in [6, 6.07) is 5.15. The van der Waals surface area contributed by atoms with Gasteiger partial charge >= 0.3 is 0 Å². The number of carbonyl (C=O) groups is 1. The molecule has 0 spiro atoms. The molecule has 0 N–H and O–H groups in total. The molecule has 0 unspecified atom stereocenters. The van der Waals surface area contributed by atoms with Gasteiger partial charge in [-0.2, -0.15) is 4.31 Å². The SMILES string of the molecule is CC(C)N(C(=O)[C@@H](C)N1CCN(S(=O)(=O)c2ccccc2[N+](=O)[O-])CC1)C(C)C. The van der Waals surface area contributed by atoms with Crippen molar-refractivity contribution in [3.63, 3.8) is 0 Å². The second-order valence-corrected chi connectivity index (χ2v) is 9.68. The van der Waals surface area contributed by atoms with Gasteiger partial charge in [-0.1, -0.05) is 12.1 Å². The standard InChI is InChI=1S/C19H30N4O5S/c1-14(2)22(15(3)4)19(24)16(5)20-10-12-21(13-11-20)29(27,28)18-9-7-6-8-17(18)23(25)26/h6-9,14-16H,10-13H2,1-5H3/t16-/m1/s1. The maximum Gasteiger partial charge on any atom is 0.289 e. The normalized spacial score (nSPS) is 17.5. The average Bonchev–Trinajstić information content (AvgIpc) is 2.66. The summed E-state index contributed by atoms with van der Waals surface area (Å²) in [5, 5.41) is 11.2. The predicted octanol–water partition coefficient (Wildman–Crippen LogP) is 1.93. The fraction of sp³-hybridized carbons (Fsp3) is 0.632. The number of piperazine rings is 1. The number of amides is 1. The minimum Gasteiger partial charge on any atom is -0.336 e. The Hall–Kier alpha value is -2.04. The lowest BCUT2D eigenvalue weighted by molar-refractivity contribution is -0.387. The van der Waals surface area contributed by atoms with Crippen LogP contribution in [0.4, 0.5) is 5.69 Å². The van der Waals surface area contributed by atoms with Crippen molar-refractivity contribution < 1.29 is 18.1 Å². The van der Waals surface area contributed by atoms with Crippen LogP contribution in [0.25, 0.3) is 0 Å². The Kier molecular flexibility index (Phi) is 7.36. The Morgan fingerprint density at radius 2 is 1.55 bits per heavy atom. The first-order chi connectivity index (χ1) is 13.5. The van der Waals surface area contributed by atoms with Crippen LogP contribution < -0.4 is 0 Å². The third-order valence-corrected chi connectivity index (χ3v) is 7.17. The molecule has 162 valence electrons. The molecule has 1 aromatic carbocycles. The van der Waals surface area contributed by atoms with Crippen molar-refractivity contribution in [2.75, 3.05) is 26.2 Å². The average molecular weight is 427 g/mol. The van der Waals surface area contributed by atoms with E-state index in [1.807, 2.05) is 44.4 Å². The number of nitrogens with zero attached hydrogens (tertiary/aromatic N) is 4. The van der Waals surface area contributed by atoms with Crippen LogP contribution in [-0.4, -0.2) is 77.7 Å². The number of rotatable bonds is 7. The number of carbonyl (C=O) groups excluding carboxylic acids is 1. The van der Waals surface area contributed by atoms with Crippen LogP contribution in [-0.2, 0) is 14.8 Å². The van der Waals surface area contributed by atoms with Gasteiger partial charge in [0.05, 0.1) is 11.0 Å². The highest BCUT2D eigenvalue weighted by Crippen LogP contribution is 2.27. The molecular formula is C19H30N4O5S. The second kappa shape index (κ2) is 9.19. The zero-order valence-electron chi connectivity index (χ0n) is 17.6. The third-order valence-electron chi connectivity index (χ3n) is 5.23. The predicted molar refractivity (Wildman–Crippen MR) is 110 cm³/mol. The van der Waals surface area contributed by atoms with Gasteiger partial charge in [-0.05, 0) is 40.7 Å². The van der Waals surface area contributed by atoms with Crippen molar-refractivity contribution >= 4 is 21.6 Å². The van der Waals surface area contributed by atoms with Crippen LogP contribution in [0.15, 0.2) is 29.2 Å². The van der Waals surface area contributed by atoms with E-state index in [4.69, 9.17) is 0 Å². The number of para-hydroxylation sites is 1. The van der Waals surface area contributed by atoms with Crippen molar-refractivity contribution in [3.05, 3.63) is 34.4 Å². The van der Waals surface area contributed by atoms with E-state index in [1.165, 1.54) is 28.6 Å². The molecule has 0 radical (unpaired) electrons. The lowest BCUT2D eigenvalue weighted by Crippen LogP contribution is -2.57. The topological polar surface area (TPSA) is 104 Å². The van der Waals surface area contributed by atoms with Gasteiger partial charge in [0, 0.05) is 44.3 Å². The van der Waals surface area contributed by atoms with Crippen LogP contribution in [0.3, 0.4) is 0 Å². The van der Waals surface area contributed by atoms with Crippen LogP contribution >= 0.6 is 0 Å². The summed E-state index contributed by atoms with van der Waals surface area (Å²) in [6.45, 7) is 10.9. The lowest BCUT2D eigenvalue weighted by atomic mass is 10.1. The minimum absolute atomic E-state index is 0.0185. The van der Waals surface area contributed by atoms with Gasteiger partial charge in [0.1, 0.15) is 0 Å². The zero-order chi connectivity index (χ0) is 21.9. The number of hydrogen-bond donors (Lipinski definition) is 0. The quantitative estimate of drug-likeness (QED) is 0.487. The molecule has 1 atom stereocenters. The van der Waals surface area contributed by atoms with Gasteiger partial charge in [-0.25, -0.2) is 8.42 Å². The van der Waals surface area contributed by atoms with E-state index in [9.17, 15) is 23.3 Å². The van der Waals surface area contributed by atoms with Crippen LogP contribution in [0.5, 0.6) is 0 Å². The van der Waals surface area contributed by atoms with E-state index in [1.54, 1.807) is 0 Å². The maximum atomic E-state index is 12.9. The first-order valence-electron chi connectivity index (χ1n) is 9.78. The van der Waals surface area contributed by atoms with Crippen LogP contribution in [0.1, 0.15) is 34.6 Å². The third kappa shape index (κ3) is 4.93. The van der Waals surface area contributed by atoms with Crippen molar-refractivity contribution in [2.45, 2.75) is 57.6 Å². The summed E-state index contributed by atoms with van der Waals surface area (Å²) in [5.74, 6) is 0.0185. The molecule has 29 heavy (non-hydrogen) atoms. The molecule has 1 saturated heterocycles. The van der Waals surface area contributed by atoms with Crippen LogP contribution in [0, 0.1) is 10.1 Å². The summed E-state index contributed by atoms with van der Waals surface area (Å²) < 4.78 is 27.1. The van der Waals surface area contributed by atoms with E-state index in [0.717, 1.165) is 0 Å². The summed E-state index contributed by atoms with van der Waals surface area (Å²) in [6.07, 6.45) is 0. The first kappa shape index (κ1) is 23.2. The maximum absolute atomic E-state index is 12.9. The Labute approximate surface area is 172 Å². The molecule has 0 bridgehead atoms. The molecule has 0 aliphatic carbocycles. The lowest BCUT2D eigenvalue weighted by Gasteiger charge is -2.40. The summed E-state index contributed by atoms with van der Waals surface area (Å²) in [5.41, 5.74) is -0.428. The van der Waals surface area contributed by atoms with Crippen molar-refractivity contribution in [2.24, 2.45) is 0 Å². The Morgan fingerprint density at radius 3 is 2.03 bits per heavy atom. The molecule has 1 heterocycles. The molecule has 1 aromatic rings. The Morgan fingerprint density at radius 1 is 1.03 bits per heavy atom. The molecular weight excluding hydrogens is 396 g/mol. The highest BCUT2D eigenvalue weighted by atomic mass is 32.2. The van der Waals surface area contributed by atoms with E-state index in [-0.39, 0.29) is 42.0 Å². The molecule has 10 heteroatoms. The highest BCUT2D eigenvalue weighted by molar-refractivity contribution is 7.89. The number of sulfonamides is 1. The number of hydrogen-bond acceptors (Lipinski definition) is 6. The first-order valence-corrected chi connectivity index (χ1v) is 11.2. The minimum atomic E-state index is -3.98. The largest absolute Gasteiger partial charge is 0.336 e. The molecule has 2 rings (SSSR count). The molecule has 0 saturated carbocycles. The van der Waals surface area contributed by atoms with Crippen molar-refractivity contribution in [1.29, 1.82) is 0 Å². The number of benzene rings is 1. The Bertz CT molecular complexity index is 840. The number of nitro benzene ring substituents is 1. The molecule has 0 aromatic heterocycles. The summed E-state index contributed by atoms with van der Waals surface area (Å²) in [7, 11) is -3.98. The molecule has 1 aliphatic rings. The molecule has 1 fully saturated rings. The van der Waals surface area contributed by atoms with Gasteiger partial charge < -0.3 is 4.90 Å². The zero-order valence-corrected chi connectivity index (χ0v) is 18.4. The second-order valence-electron chi connectivity index (χ2n) is 7.77. The smallest absolute Gasteiger partial charge is 0.289 e. The van der Waals surface area contributed by atoms with Gasteiger partial charge in [-0.3, -0.25) is 19.8 Å². The molecule has 1 amide bonds. The fourth-order valence-electron chi connectivity index (χ4n) is 3.77. The van der Waals surface area contributed by atoms with Crippen molar-refractivity contribution in [1.82, 2.24) is 14.1 Å². The van der Waals surface area contributed by atoms with E-state index in [0.29, 0.717) is 13.1 Å². The monoisotopic (exact) mass is 426 g/mol. The van der Waals surface area contributed by atoms with Gasteiger partial charge in [-0.15, -0.1) is 0 Å². The number of nitro groups is 1. The fourth-order valence-corrected chi connectivity index (χ4v) is 5.35. The van der Waals surface area contributed by atoms with E-state index < -0.39 is 20.6 Å². The van der Waals surface area contributed by atoms with Gasteiger partial charge in [0.25, 0.3) is 5.69 Å². The van der Waals surface area contributed by atoms with E-state index in [2.05, 4.69) is 0 Å². The molecule has 1 aliphatic heterocycles. The molecule has 9 nitrogen and oxygen atoms in total. The van der Waals surface area contributed by atoms with Crippen molar-refractivity contribution in [3.8, 4) is 0 Å². The highest BCUT2D eigenvalue weighted by Gasteiger charge is 2.36. The van der Waals surface area contributed by atoms with Gasteiger partial charge in [0.15, 0.2) is 4.90 Å². The summed E-state index contributed by atoms with van der Waals surface area (Å²) in [4.78, 5) is 27.0. The summed E-state index contributed by atoms with van der Waals surface area (Å²) >= 11 is 0. The van der Waals surface area contributed by atoms with E-state index >= 15 is 0 Å².